The van der Waals surface area contributed by atoms with E-state index in [0.717, 1.165) is 31.2 Å². The maximum absolute atomic E-state index is 13.0. The SMILES string of the molecule is O=C(c1cnc(C2CC2)[nH]c1=O)N1C[C@H]2CCC[C@](O)(c3ccccc3)[C@H]2C1. The van der Waals surface area contributed by atoms with Crippen LogP contribution in [0.3, 0.4) is 0 Å². The van der Waals surface area contributed by atoms with Gasteiger partial charge in [-0.25, -0.2) is 4.98 Å². The molecule has 1 saturated heterocycles. The molecule has 1 amide bonds. The van der Waals surface area contributed by atoms with Crippen molar-refractivity contribution in [2.45, 2.75) is 43.6 Å². The number of nitrogens with zero attached hydrogens (tertiary/aromatic N) is 2. The molecule has 0 spiro atoms. The molecule has 0 bridgehead atoms. The quantitative estimate of drug-likeness (QED) is 0.857. The fourth-order valence-electron chi connectivity index (χ4n) is 5.07. The lowest BCUT2D eigenvalue weighted by molar-refractivity contribution is -0.0644. The van der Waals surface area contributed by atoms with Crippen LogP contribution < -0.4 is 5.56 Å². The molecule has 1 aliphatic heterocycles. The number of benzene rings is 1. The Morgan fingerprint density at radius 1 is 1.18 bits per heavy atom. The van der Waals surface area contributed by atoms with Gasteiger partial charge in [0.25, 0.3) is 11.5 Å². The van der Waals surface area contributed by atoms with Gasteiger partial charge in [0, 0.05) is 31.1 Å². The first-order valence-electron chi connectivity index (χ1n) is 10.2. The predicted octanol–water partition coefficient (Wildman–Crippen LogP) is 2.41. The van der Waals surface area contributed by atoms with Crippen molar-refractivity contribution in [1.29, 1.82) is 0 Å². The predicted molar refractivity (Wildman–Crippen MR) is 104 cm³/mol. The van der Waals surface area contributed by atoms with Crippen molar-refractivity contribution >= 4 is 5.91 Å². The Balaban J connectivity index is 1.40. The van der Waals surface area contributed by atoms with Crippen molar-refractivity contribution in [3.05, 3.63) is 63.8 Å². The van der Waals surface area contributed by atoms with Crippen molar-refractivity contribution in [2.24, 2.45) is 11.8 Å². The first kappa shape index (κ1) is 17.6. The van der Waals surface area contributed by atoms with E-state index in [1.165, 1.54) is 6.20 Å². The first-order valence-corrected chi connectivity index (χ1v) is 10.2. The standard InChI is InChI=1S/C22H25N3O3/c26-20-17(11-23-19(24-20)14-8-9-14)21(27)25-12-15-5-4-10-22(28,18(15)13-25)16-6-2-1-3-7-16/h1-3,6-7,11,14-15,18,28H,4-5,8-10,12-13H2,(H,23,24,26)/t15-,18+,22+/m1/s1. The summed E-state index contributed by atoms with van der Waals surface area (Å²) < 4.78 is 0. The average molecular weight is 379 g/mol. The van der Waals surface area contributed by atoms with E-state index < -0.39 is 5.60 Å². The number of likely N-dealkylation sites (tertiary alicyclic amines) is 1. The zero-order valence-corrected chi connectivity index (χ0v) is 15.8. The Labute approximate surface area is 163 Å². The van der Waals surface area contributed by atoms with Gasteiger partial charge in [-0.3, -0.25) is 9.59 Å². The van der Waals surface area contributed by atoms with Gasteiger partial charge in [-0.2, -0.15) is 0 Å². The van der Waals surface area contributed by atoms with Crippen LogP contribution in [0.25, 0.3) is 0 Å². The van der Waals surface area contributed by atoms with Crippen LogP contribution in [0, 0.1) is 11.8 Å². The molecule has 3 atom stereocenters. The highest BCUT2D eigenvalue weighted by molar-refractivity contribution is 5.93. The number of fused-ring (bicyclic) bond motifs is 1. The van der Waals surface area contributed by atoms with Gasteiger partial charge in [-0.1, -0.05) is 30.3 Å². The van der Waals surface area contributed by atoms with E-state index in [9.17, 15) is 14.7 Å². The van der Waals surface area contributed by atoms with Crippen molar-refractivity contribution < 1.29 is 9.90 Å². The van der Waals surface area contributed by atoms with Gasteiger partial charge in [-0.15, -0.1) is 0 Å². The molecule has 0 unspecified atom stereocenters. The zero-order chi connectivity index (χ0) is 19.3. The van der Waals surface area contributed by atoms with E-state index in [1.54, 1.807) is 4.90 Å². The number of nitrogens with one attached hydrogen (secondary N) is 1. The number of aromatic nitrogens is 2. The lowest BCUT2D eigenvalue weighted by atomic mass is 9.67. The summed E-state index contributed by atoms with van der Waals surface area (Å²) in [6, 6.07) is 9.78. The summed E-state index contributed by atoms with van der Waals surface area (Å²) in [4.78, 5) is 34.3. The van der Waals surface area contributed by atoms with Crippen molar-refractivity contribution in [3.8, 4) is 0 Å². The molecule has 146 valence electrons. The van der Waals surface area contributed by atoms with Crippen molar-refractivity contribution in [1.82, 2.24) is 14.9 Å². The maximum Gasteiger partial charge on any atom is 0.263 e. The number of H-pyrrole nitrogens is 1. The molecule has 3 aliphatic rings. The summed E-state index contributed by atoms with van der Waals surface area (Å²) in [5.74, 6) is 0.995. The molecule has 5 rings (SSSR count). The second kappa shape index (κ2) is 6.55. The number of amides is 1. The minimum absolute atomic E-state index is 0.00891. The van der Waals surface area contributed by atoms with E-state index in [0.29, 0.717) is 31.3 Å². The van der Waals surface area contributed by atoms with Gasteiger partial charge in [0.2, 0.25) is 0 Å². The van der Waals surface area contributed by atoms with Crippen LogP contribution in [0.1, 0.15) is 59.8 Å². The monoisotopic (exact) mass is 379 g/mol. The molecular weight excluding hydrogens is 354 g/mol. The Morgan fingerprint density at radius 2 is 1.96 bits per heavy atom. The van der Waals surface area contributed by atoms with Crippen molar-refractivity contribution in [3.63, 3.8) is 0 Å². The molecule has 3 fully saturated rings. The van der Waals surface area contributed by atoms with E-state index in [2.05, 4.69) is 9.97 Å². The van der Waals surface area contributed by atoms with Crippen LogP contribution in [0.5, 0.6) is 0 Å². The Bertz CT molecular complexity index is 953. The molecule has 2 N–H and O–H groups in total. The van der Waals surface area contributed by atoms with E-state index >= 15 is 0 Å². The summed E-state index contributed by atoms with van der Waals surface area (Å²) in [5.41, 5.74) is -0.242. The molecule has 0 radical (unpaired) electrons. The van der Waals surface area contributed by atoms with E-state index in [1.807, 2.05) is 30.3 Å². The molecule has 6 heteroatoms. The smallest absolute Gasteiger partial charge is 0.263 e. The van der Waals surface area contributed by atoms with Gasteiger partial charge < -0.3 is 15.0 Å². The van der Waals surface area contributed by atoms with Crippen LogP contribution in [-0.2, 0) is 5.60 Å². The molecule has 2 heterocycles. The summed E-state index contributed by atoms with van der Waals surface area (Å²) in [7, 11) is 0. The molecule has 1 aromatic carbocycles. The third-order valence-corrected chi connectivity index (χ3v) is 6.76. The highest BCUT2D eigenvalue weighted by Crippen LogP contribution is 2.48. The Kier molecular flexibility index (Phi) is 4.12. The number of hydrogen-bond acceptors (Lipinski definition) is 4. The average Bonchev–Trinajstić information content (AvgIpc) is 3.47. The minimum atomic E-state index is -0.917. The molecule has 1 aromatic heterocycles. The molecule has 28 heavy (non-hydrogen) atoms. The van der Waals surface area contributed by atoms with Crippen LogP contribution in [0.15, 0.2) is 41.3 Å². The third kappa shape index (κ3) is 2.87. The van der Waals surface area contributed by atoms with Crippen LogP contribution in [0.4, 0.5) is 0 Å². The topological polar surface area (TPSA) is 86.3 Å². The second-order valence-electron chi connectivity index (χ2n) is 8.54. The van der Waals surface area contributed by atoms with Gasteiger partial charge in [-0.05, 0) is 43.6 Å². The number of carbonyl (C=O) groups is 1. The van der Waals surface area contributed by atoms with Gasteiger partial charge in [0.05, 0.1) is 5.60 Å². The minimum Gasteiger partial charge on any atom is -0.385 e. The van der Waals surface area contributed by atoms with E-state index in [-0.39, 0.29) is 28.9 Å². The summed E-state index contributed by atoms with van der Waals surface area (Å²) >= 11 is 0. The molecule has 2 saturated carbocycles. The normalized spacial score (nSPS) is 29.5. The Hall–Kier alpha value is -2.47. The fraction of sp³-hybridized carbons (Fsp3) is 0.500. The number of aromatic amines is 1. The Morgan fingerprint density at radius 3 is 2.68 bits per heavy atom. The van der Waals surface area contributed by atoms with Crippen molar-refractivity contribution in [2.75, 3.05) is 13.1 Å². The highest BCUT2D eigenvalue weighted by atomic mass is 16.3. The lowest BCUT2D eigenvalue weighted by Gasteiger charge is -2.41. The first-order chi connectivity index (χ1) is 13.6. The number of hydrogen-bond donors (Lipinski definition) is 2. The highest BCUT2D eigenvalue weighted by Gasteiger charge is 2.50. The molecular formula is C22H25N3O3. The number of aliphatic hydroxyl groups is 1. The largest absolute Gasteiger partial charge is 0.385 e. The fourth-order valence-corrected chi connectivity index (χ4v) is 5.07. The maximum atomic E-state index is 13.0. The summed E-state index contributed by atoms with van der Waals surface area (Å²) in [6.07, 6.45) is 6.16. The molecule has 2 aromatic rings. The van der Waals surface area contributed by atoms with Gasteiger partial charge >= 0.3 is 0 Å². The van der Waals surface area contributed by atoms with E-state index in [4.69, 9.17) is 0 Å². The molecule has 6 nitrogen and oxygen atoms in total. The lowest BCUT2D eigenvalue weighted by Crippen LogP contribution is -2.43. The second-order valence-corrected chi connectivity index (χ2v) is 8.54. The van der Waals surface area contributed by atoms with Crippen LogP contribution in [-0.4, -0.2) is 39.0 Å². The summed E-state index contributed by atoms with van der Waals surface area (Å²) in [6.45, 7) is 1.06. The van der Waals surface area contributed by atoms with Crippen LogP contribution >= 0.6 is 0 Å². The van der Waals surface area contributed by atoms with Crippen LogP contribution in [0.2, 0.25) is 0 Å². The summed E-state index contributed by atoms with van der Waals surface area (Å²) in [5, 5.41) is 11.5. The van der Waals surface area contributed by atoms with Gasteiger partial charge in [0.15, 0.2) is 0 Å². The third-order valence-electron chi connectivity index (χ3n) is 6.76. The van der Waals surface area contributed by atoms with Gasteiger partial charge in [0.1, 0.15) is 11.4 Å². The molecule has 2 aliphatic carbocycles. The number of rotatable bonds is 3. The zero-order valence-electron chi connectivity index (χ0n) is 15.8. The number of carbonyl (C=O) groups excluding carboxylic acids is 1.